The highest BCUT2D eigenvalue weighted by Crippen LogP contribution is 2.45. The van der Waals surface area contributed by atoms with E-state index in [1.807, 2.05) is 13.8 Å². The summed E-state index contributed by atoms with van der Waals surface area (Å²) in [5.74, 6) is -0.837. The van der Waals surface area contributed by atoms with Crippen LogP contribution < -0.4 is 15.1 Å². The van der Waals surface area contributed by atoms with Crippen LogP contribution in [0.5, 0.6) is 0 Å². The molecular weight excluding hydrogens is 645 g/mol. The monoisotopic (exact) mass is 688 g/mol. The largest absolute Gasteiger partial charge is 0.444 e. The number of halogens is 3. The molecule has 2 amide bonds. The molecule has 1 aliphatic rings. The van der Waals surface area contributed by atoms with Gasteiger partial charge in [-0.2, -0.15) is 13.2 Å². The molecule has 1 unspecified atom stereocenters. The maximum atomic E-state index is 14.7. The Morgan fingerprint density at radius 1 is 1.14 bits per heavy atom. The number of aldehydes is 1. The number of anilines is 4. The molecule has 0 bridgehead atoms. The van der Waals surface area contributed by atoms with Crippen LogP contribution in [0.4, 0.5) is 40.7 Å². The highest BCUT2D eigenvalue weighted by atomic mass is 19.4. The summed E-state index contributed by atoms with van der Waals surface area (Å²) in [6.07, 6.45) is -2.28. The molecule has 0 aliphatic carbocycles. The summed E-state index contributed by atoms with van der Waals surface area (Å²) >= 11 is 0. The van der Waals surface area contributed by atoms with Crippen molar-refractivity contribution in [2.24, 2.45) is 5.92 Å². The molecule has 2 aromatic carbocycles. The van der Waals surface area contributed by atoms with Crippen LogP contribution in [0.15, 0.2) is 42.6 Å². The molecule has 1 aliphatic heterocycles. The average Bonchev–Trinajstić information content (AvgIpc) is 3.48. The van der Waals surface area contributed by atoms with Crippen LogP contribution in [0.3, 0.4) is 0 Å². The summed E-state index contributed by atoms with van der Waals surface area (Å²) in [4.78, 5) is 40.7. The van der Waals surface area contributed by atoms with E-state index in [1.165, 1.54) is 35.0 Å². The van der Waals surface area contributed by atoms with Crippen molar-refractivity contribution in [3.05, 3.63) is 53.9 Å². The van der Waals surface area contributed by atoms with Crippen LogP contribution in [-0.2, 0) is 36.6 Å². The summed E-state index contributed by atoms with van der Waals surface area (Å²) in [6.45, 7) is 9.62. The first kappa shape index (κ1) is 37.3. The van der Waals surface area contributed by atoms with Crippen molar-refractivity contribution in [1.82, 2.24) is 15.0 Å². The minimum absolute atomic E-state index is 0.00343. The van der Waals surface area contributed by atoms with Gasteiger partial charge >= 0.3 is 12.3 Å². The molecule has 2 heterocycles. The van der Waals surface area contributed by atoms with E-state index in [2.05, 4.69) is 15.6 Å². The molecular formula is C34H43F3N6O6. The minimum atomic E-state index is -4.85. The number of amides is 2. The lowest BCUT2D eigenvalue weighted by molar-refractivity contribution is -0.169. The van der Waals surface area contributed by atoms with Gasteiger partial charge < -0.3 is 23.9 Å². The summed E-state index contributed by atoms with van der Waals surface area (Å²) in [5.41, 5.74) is -1.58. The van der Waals surface area contributed by atoms with Gasteiger partial charge in [-0.25, -0.2) is 9.48 Å². The van der Waals surface area contributed by atoms with Crippen LogP contribution in [0.1, 0.15) is 71.6 Å². The average molecular weight is 689 g/mol. The molecule has 4 rings (SSSR count). The van der Waals surface area contributed by atoms with Gasteiger partial charge in [-0.3, -0.25) is 15.0 Å². The van der Waals surface area contributed by atoms with Crippen molar-refractivity contribution in [3.8, 4) is 5.69 Å². The summed E-state index contributed by atoms with van der Waals surface area (Å²) in [6, 6.07) is 8.23. The Kier molecular flexibility index (Phi) is 12.0. The minimum Gasteiger partial charge on any atom is -0.444 e. The quantitative estimate of drug-likeness (QED) is 0.158. The van der Waals surface area contributed by atoms with Crippen molar-refractivity contribution in [1.29, 1.82) is 0 Å². The van der Waals surface area contributed by atoms with Crippen molar-refractivity contribution in [2.75, 3.05) is 35.3 Å². The summed E-state index contributed by atoms with van der Waals surface area (Å²) in [7, 11) is 1.51. The maximum Gasteiger partial charge on any atom is 0.418 e. The van der Waals surface area contributed by atoms with Gasteiger partial charge in [0, 0.05) is 20.2 Å². The molecule has 0 spiro atoms. The zero-order chi connectivity index (χ0) is 35.9. The molecule has 266 valence electrons. The molecule has 3 aromatic rings. The topological polar surface area (TPSA) is 128 Å². The Labute approximate surface area is 283 Å². The van der Waals surface area contributed by atoms with Crippen molar-refractivity contribution < 1.29 is 41.8 Å². The molecule has 1 N–H and O–H groups in total. The highest BCUT2D eigenvalue weighted by Gasteiger charge is 2.37. The smallest absolute Gasteiger partial charge is 0.418 e. The first-order valence-corrected chi connectivity index (χ1v) is 16.0. The number of hydrogen-bond donors (Lipinski definition) is 1. The van der Waals surface area contributed by atoms with E-state index in [1.54, 1.807) is 32.9 Å². The predicted octanol–water partition coefficient (Wildman–Crippen LogP) is 7.02. The standard InChI is InChI=1S/C34H43F3N6O6/c1-22(2)20-41(6)28-18-27(39-32(46)49-33(3,4)5)29(17-26(28)34(35,36)37)42(30(45)13-14-44)23-10-9-11-24(16-23)43-25(19-38-40-43)21-48-31-12-7-8-15-47-31/h9-11,14,16-19,22,31H,7-8,12-13,15,20-21H2,1-6H3,(H,39,46). The number of nitrogens with one attached hydrogen (secondary N) is 1. The Balaban J connectivity index is 1.86. The number of rotatable bonds is 12. The van der Waals surface area contributed by atoms with E-state index in [-0.39, 0.29) is 48.1 Å². The number of benzene rings is 2. The Hall–Kier alpha value is -4.50. The molecule has 1 atom stereocenters. The van der Waals surface area contributed by atoms with Crippen LogP contribution in [0.25, 0.3) is 5.69 Å². The van der Waals surface area contributed by atoms with Crippen LogP contribution in [0.2, 0.25) is 0 Å². The Morgan fingerprint density at radius 2 is 1.90 bits per heavy atom. The third-order valence-corrected chi connectivity index (χ3v) is 7.36. The predicted molar refractivity (Wildman–Crippen MR) is 177 cm³/mol. The van der Waals surface area contributed by atoms with Gasteiger partial charge in [0.25, 0.3) is 0 Å². The molecule has 1 aromatic heterocycles. The number of aromatic nitrogens is 3. The Bertz CT molecular complexity index is 1610. The van der Waals surface area contributed by atoms with Crippen LogP contribution >= 0.6 is 0 Å². The fourth-order valence-electron chi connectivity index (χ4n) is 5.40. The first-order chi connectivity index (χ1) is 23.1. The van der Waals surface area contributed by atoms with Gasteiger partial charge in [0.1, 0.15) is 11.9 Å². The molecule has 12 nitrogen and oxygen atoms in total. The maximum absolute atomic E-state index is 14.7. The second-order valence-electron chi connectivity index (χ2n) is 13.1. The molecule has 0 radical (unpaired) electrons. The number of ether oxygens (including phenoxy) is 3. The fourth-order valence-corrected chi connectivity index (χ4v) is 5.40. The van der Waals surface area contributed by atoms with E-state index >= 15 is 0 Å². The second-order valence-corrected chi connectivity index (χ2v) is 13.1. The van der Waals surface area contributed by atoms with E-state index in [0.29, 0.717) is 24.3 Å². The molecule has 1 fully saturated rings. The van der Waals surface area contributed by atoms with Crippen LogP contribution in [-0.4, -0.2) is 65.4 Å². The zero-order valence-corrected chi connectivity index (χ0v) is 28.5. The summed E-state index contributed by atoms with van der Waals surface area (Å²) < 4.78 is 62.6. The van der Waals surface area contributed by atoms with E-state index < -0.39 is 35.8 Å². The number of carbonyl (C=O) groups is 3. The van der Waals surface area contributed by atoms with Gasteiger partial charge in [-0.05, 0) is 76.3 Å². The van der Waals surface area contributed by atoms with Gasteiger partial charge in [0.2, 0.25) is 5.91 Å². The van der Waals surface area contributed by atoms with E-state index in [9.17, 15) is 27.6 Å². The van der Waals surface area contributed by atoms with Gasteiger partial charge in [0.05, 0.1) is 58.9 Å². The lowest BCUT2D eigenvalue weighted by atomic mass is 10.1. The van der Waals surface area contributed by atoms with Gasteiger partial charge in [-0.1, -0.05) is 25.1 Å². The molecule has 15 heteroatoms. The van der Waals surface area contributed by atoms with Gasteiger partial charge in [0.15, 0.2) is 6.29 Å². The number of carbonyl (C=O) groups excluding carboxylic acids is 3. The number of alkyl halides is 3. The lowest BCUT2D eigenvalue weighted by Crippen LogP contribution is -2.31. The van der Waals surface area contributed by atoms with Crippen LogP contribution in [0, 0.1) is 5.92 Å². The van der Waals surface area contributed by atoms with Gasteiger partial charge in [-0.15, -0.1) is 5.10 Å². The Morgan fingerprint density at radius 3 is 2.53 bits per heavy atom. The molecule has 49 heavy (non-hydrogen) atoms. The summed E-state index contributed by atoms with van der Waals surface area (Å²) in [5, 5.41) is 10.7. The number of nitrogens with zero attached hydrogens (tertiary/aromatic N) is 5. The third-order valence-electron chi connectivity index (χ3n) is 7.36. The van der Waals surface area contributed by atoms with Crippen molar-refractivity contribution in [2.45, 2.75) is 85.0 Å². The van der Waals surface area contributed by atoms with Crippen molar-refractivity contribution >= 4 is 41.0 Å². The van der Waals surface area contributed by atoms with Crippen molar-refractivity contribution in [3.63, 3.8) is 0 Å². The normalized spacial score (nSPS) is 15.2. The van der Waals surface area contributed by atoms with E-state index in [0.717, 1.165) is 36.3 Å². The second kappa shape index (κ2) is 15.8. The highest BCUT2D eigenvalue weighted by molar-refractivity contribution is 6.09. The third kappa shape index (κ3) is 10.0. The zero-order valence-electron chi connectivity index (χ0n) is 28.5. The number of hydrogen-bond acceptors (Lipinski definition) is 9. The SMILES string of the molecule is CC(C)CN(C)c1cc(NC(=O)OC(C)(C)C)c(N(C(=O)CC=O)c2cccc(-n3nncc3COC3CCCCO3)c2)cc1C(F)(F)F. The molecule has 1 saturated heterocycles. The van der Waals surface area contributed by atoms with E-state index in [4.69, 9.17) is 14.2 Å². The first-order valence-electron chi connectivity index (χ1n) is 16.0. The molecule has 0 saturated carbocycles. The fraction of sp³-hybridized carbons (Fsp3) is 0.500. The lowest BCUT2D eigenvalue weighted by Gasteiger charge is -2.31.